The van der Waals surface area contributed by atoms with Gasteiger partial charge in [-0.3, -0.25) is 0 Å². The first-order chi connectivity index (χ1) is 8.58. The molecular formula is C13H18ClF2NO. The van der Waals surface area contributed by atoms with Gasteiger partial charge < -0.3 is 10.1 Å². The van der Waals surface area contributed by atoms with E-state index in [1.807, 2.05) is 31.2 Å². The molecule has 1 atom stereocenters. The van der Waals surface area contributed by atoms with Gasteiger partial charge in [-0.1, -0.05) is 23.7 Å². The van der Waals surface area contributed by atoms with Gasteiger partial charge in [0.1, 0.15) is 6.61 Å². The minimum atomic E-state index is -2.39. The second-order valence-corrected chi connectivity index (χ2v) is 4.59. The number of hydrogen-bond acceptors (Lipinski definition) is 2. The van der Waals surface area contributed by atoms with Gasteiger partial charge in [-0.15, -0.1) is 0 Å². The molecule has 102 valence electrons. The van der Waals surface area contributed by atoms with Gasteiger partial charge in [0.2, 0.25) is 0 Å². The molecule has 1 aromatic rings. The predicted octanol–water partition coefficient (Wildman–Crippen LogP) is 3.14. The molecule has 0 saturated heterocycles. The van der Waals surface area contributed by atoms with E-state index >= 15 is 0 Å². The highest BCUT2D eigenvalue weighted by Gasteiger charge is 2.04. The molecule has 0 saturated carbocycles. The van der Waals surface area contributed by atoms with Crippen LogP contribution in [0.1, 0.15) is 12.5 Å². The third-order valence-corrected chi connectivity index (χ3v) is 2.69. The third kappa shape index (κ3) is 6.89. The number of halogens is 3. The molecule has 0 heterocycles. The Morgan fingerprint density at radius 1 is 1.28 bits per heavy atom. The topological polar surface area (TPSA) is 21.3 Å². The molecule has 1 rings (SSSR count). The second-order valence-electron chi connectivity index (χ2n) is 4.15. The summed E-state index contributed by atoms with van der Waals surface area (Å²) in [7, 11) is 0. The number of benzene rings is 1. The van der Waals surface area contributed by atoms with E-state index in [0.29, 0.717) is 13.2 Å². The van der Waals surface area contributed by atoms with Crippen LogP contribution in [0.15, 0.2) is 24.3 Å². The van der Waals surface area contributed by atoms with Crippen LogP contribution in [0, 0.1) is 0 Å². The summed E-state index contributed by atoms with van der Waals surface area (Å²) in [5.74, 6) is 0. The summed E-state index contributed by atoms with van der Waals surface area (Å²) in [4.78, 5) is 0. The highest BCUT2D eigenvalue weighted by Crippen LogP contribution is 2.10. The van der Waals surface area contributed by atoms with Gasteiger partial charge in [0.15, 0.2) is 0 Å². The summed E-state index contributed by atoms with van der Waals surface area (Å²) in [5.41, 5.74) is 1.19. The monoisotopic (exact) mass is 277 g/mol. The lowest BCUT2D eigenvalue weighted by Crippen LogP contribution is -2.31. The van der Waals surface area contributed by atoms with Gasteiger partial charge >= 0.3 is 0 Å². The Balaban J connectivity index is 2.13. The molecule has 1 aromatic carbocycles. The Labute approximate surface area is 111 Å². The SMILES string of the molecule is CC(Cc1ccc(Cl)cc1)NCCOCC(F)F. The summed E-state index contributed by atoms with van der Waals surface area (Å²) in [6, 6.07) is 7.94. The Kier molecular flexibility index (Phi) is 7.16. The van der Waals surface area contributed by atoms with Crippen molar-refractivity contribution in [2.45, 2.75) is 25.8 Å². The molecule has 0 amide bonds. The summed E-state index contributed by atoms with van der Waals surface area (Å²) in [6.07, 6.45) is -1.53. The lowest BCUT2D eigenvalue weighted by atomic mass is 10.1. The number of hydrogen-bond donors (Lipinski definition) is 1. The molecule has 0 aromatic heterocycles. The normalized spacial score (nSPS) is 12.9. The summed E-state index contributed by atoms with van der Waals surface area (Å²) >= 11 is 5.80. The smallest absolute Gasteiger partial charge is 0.261 e. The predicted molar refractivity (Wildman–Crippen MR) is 69.4 cm³/mol. The van der Waals surface area contributed by atoms with Gasteiger partial charge in [0.05, 0.1) is 6.61 Å². The Morgan fingerprint density at radius 2 is 1.94 bits per heavy atom. The lowest BCUT2D eigenvalue weighted by Gasteiger charge is -2.14. The van der Waals surface area contributed by atoms with Gasteiger partial charge in [0.25, 0.3) is 6.43 Å². The number of ether oxygens (including phenoxy) is 1. The standard InChI is InChI=1S/C13H18ClF2NO/c1-10(17-6-7-18-9-13(15)16)8-11-2-4-12(14)5-3-11/h2-5,10,13,17H,6-9H2,1H3. The maximum absolute atomic E-state index is 11.8. The minimum absolute atomic E-state index is 0.265. The average Bonchev–Trinajstić information content (AvgIpc) is 2.31. The Morgan fingerprint density at radius 3 is 2.56 bits per heavy atom. The van der Waals surface area contributed by atoms with Gasteiger partial charge in [-0.05, 0) is 31.0 Å². The number of nitrogens with one attached hydrogen (secondary N) is 1. The van der Waals surface area contributed by atoms with E-state index in [1.54, 1.807) is 0 Å². The largest absolute Gasteiger partial charge is 0.374 e. The van der Waals surface area contributed by atoms with Gasteiger partial charge in [0, 0.05) is 17.6 Å². The van der Waals surface area contributed by atoms with E-state index in [9.17, 15) is 8.78 Å². The first kappa shape index (κ1) is 15.3. The first-order valence-electron chi connectivity index (χ1n) is 5.91. The van der Waals surface area contributed by atoms with Crippen LogP contribution < -0.4 is 5.32 Å². The second kappa shape index (κ2) is 8.40. The van der Waals surface area contributed by atoms with Gasteiger partial charge in [-0.25, -0.2) is 8.78 Å². The number of rotatable bonds is 8. The molecule has 0 aliphatic rings. The molecule has 1 unspecified atom stereocenters. The van der Waals surface area contributed by atoms with Crippen LogP contribution in [0.5, 0.6) is 0 Å². The van der Waals surface area contributed by atoms with Crippen molar-refractivity contribution >= 4 is 11.6 Å². The first-order valence-corrected chi connectivity index (χ1v) is 6.29. The van der Waals surface area contributed by atoms with Crippen molar-refractivity contribution in [2.24, 2.45) is 0 Å². The quantitative estimate of drug-likeness (QED) is 0.737. The fourth-order valence-electron chi connectivity index (χ4n) is 1.60. The van der Waals surface area contributed by atoms with Crippen LogP contribution in [0.2, 0.25) is 5.02 Å². The van der Waals surface area contributed by atoms with Crippen LogP contribution in [0.25, 0.3) is 0 Å². The zero-order chi connectivity index (χ0) is 13.4. The zero-order valence-corrected chi connectivity index (χ0v) is 11.1. The van der Waals surface area contributed by atoms with Crippen molar-refractivity contribution < 1.29 is 13.5 Å². The molecule has 0 radical (unpaired) electrons. The highest BCUT2D eigenvalue weighted by atomic mass is 35.5. The highest BCUT2D eigenvalue weighted by molar-refractivity contribution is 6.30. The summed E-state index contributed by atoms with van der Waals surface area (Å²) in [5, 5.41) is 3.94. The van der Waals surface area contributed by atoms with Crippen molar-refractivity contribution in [1.82, 2.24) is 5.32 Å². The van der Waals surface area contributed by atoms with E-state index in [2.05, 4.69) is 5.32 Å². The molecule has 0 spiro atoms. The minimum Gasteiger partial charge on any atom is -0.374 e. The fraction of sp³-hybridized carbons (Fsp3) is 0.538. The van der Waals surface area contributed by atoms with Gasteiger partial charge in [-0.2, -0.15) is 0 Å². The van der Waals surface area contributed by atoms with Crippen molar-refractivity contribution in [3.05, 3.63) is 34.9 Å². The van der Waals surface area contributed by atoms with Crippen LogP contribution in [-0.4, -0.2) is 32.2 Å². The lowest BCUT2D eigenvalue weighted by molar-refractivity contribution is 0.0183. The summed E-state index contributed by atoms with van der Waals surface area (Å²) in [6.45, 7) is 2.42. The maximum atomic E-state index is 11.8. The Bertz CT molecular complexity index is 332. The van der Waals surface area contributed by atoms with Crippen molar-refractivity contribution in [1.29, 1.82) is 0 Å². The van der Waals surface area contributed by atoms with Crippen molar-refractivity contribution in [2.75, 3.05) is 19.8 Å². The van der Waals surface area contributed by atoms with E-state index in [0.717, 1.165) is 11.4 Å². The molecule has 2 nitrogen and oxygen atoms in total. The summed E-state index contributed by atoms with van der Waals surface area (Å²) < 4.78 is 28.4. The number of alkyl halides is 2. The van der Waals surface area contributed by atoms with Crippen LogP contribution >= 0.6 is 11.6 Å². The third-order valence-electron chi connectivity index (χ3n) is 2.44. The molecule has 18 heavy (non-hydrogen) atoms. The molecule has 0 aliphatic carbocycles. The molecule has 5 heteroatoms. The van der Waals surface area contributed by atoms with Crippen LogP contribution in [-0.2, 0) is 11.2 Å². The van der Waals surface area contributed by atoms with Crippen LogP contribution in [0.4, 0.5) is 8.78 Å². The van der Waals surface area contributed by atoms with E-state index < -0.39 is 13.0 Å². The van der Waals surface area contributed by atoms with E-state index in [1.165, 1.54) is 5.56 Å². The molecule has 1 N–H and O–H groups in total. The van der Waals surface area contributed by atoms with Crippen molar-refractivity contribution in [3.8, 4) is 0 Å². The van der Waals surface area contributed by atoms with E-state index in [4.69, 9.17) is 16.3 Å². The molecule has 0 fully saturated rings. The molecule has 0 aliphatic heterocycles. The Hall–Kier alpha value is -0.710. The molecular weight excluding hydrogens is 260 g/mol. The zero-order valence-electron chi connectivity index (χ0n) is 10.3. The maximum Gasteiger partial charge on any atom is 0.261 e. The fourth-order valence-corrected chi connectivity index (χ4v) is 1.72. The average molecular weight is 278 g/mol. The van der Waals surface area contributed by atoms with Crippen LogP contribution in [0.3, 0.4) is 0 Å². The van der Waals surface area contributed by atoms with Crippen molar-refractivity contribution in [3.63, 3.8) is 0 Å². The van der Waals surface area contributed by atoms with E-state index in [-0.39, 0.29) is 6.04 Å². The molecule has 0 bridgehead atoms.